The number of nitrogens with one attached hydrogen (secondary N) is 1. The zero-order valence-electron chi connectivity index (χ0n) is 14.2. The van der Waals surface area contributed by atoms with E-state index in [9.17, 15) is 4.79 Å². The molecule has 0 bridgehead atoms. The first-order valence-corrected chi connectivity index (χ1v) is 8.64. The molecule has 2 aliphatic rings. The maximum atomic E-state index is 12.5. The van der Waals surface area contributed by atoms with E-state index in [1.165, 1.54) is 25.9 Å². The minimum atomic E-state index is -0.0821. The van der Waals surface area contributed by atoms with Crippen molar-refractivity contribution < 1.29 is 14.3 Å². The van der Waals surface area contributed by atoms with Gasteiger partial charge in [0.1, 0.15) is 12.3 Å². The molecule has 1 aromatic rings. The number of pyridine rings is 1. The number of urea groups is 1. The van der Waals surface area contributed by atoms with Crippen LogP contribution < -0.4 is 10.1 Å². The van der Waals surface area contributed by atoms with E-state index in [1.54, 1.807) is 25.4 Å². The number of hydrogen-bond acceptors (Lipinski definition) is 5. The fourth-order valence-electron chi connectivity index (χ4n) is 3.35. The van der Waals surface area contributed by atoms with E-state index in [1.807, 2.05) is 4.90 Å². The zero-order chi connectivity index (χ0) is 16.8. The van der Waals surface area contributed by atoms with Crippen LogP contribution in [-0.2, 0) is 4.74 Å². The molecule has 0 radical (unpaired) electrons. The summed E-state index contributed by atoms with van der Waals surface area (Å²) < 4.78 is 10.5. The molecular weight excluding hydrogens is 308 g/mol. The van der Waals surface area contributed by atoms with Crippen molar-refractivity contribution in [2.24, 2.45) is 0 Å². The summed E-state index contributed by atoms with van der Waals surface area (Å²) in [6.45, 7) is 4.81. The van der Waals surface area contributed by atoms with E-state index in [0.29, 0.717) is 30.8 Å². The molecule has 2 aliphatic heterocycles. The van der Waals surface area contributed by atoms with Crippen molar-refractivity contribution in [2.45, 2.75) is 25.3 Å². The lowest BCUT2D eigenvalue weighted by Crippen LogP contribution is -2.38. The molecule has 1 atom stereocenters. The Morgan fingerprint density at radius 3 is 2.96 bits per heavy atom. The van der Waals surface area contributed by atoms with E-state index in [2.05, 4.69) is 15.2 Å². The van der Waals surface area contributed by atoms with E-state index in [-0.39, 0.29) is 6.03 Å². The summed E-state index contributed by atoms with van der Waals surface area (Å²) in [4.78, 5) is 21.1. The van der Waals surface area contributed by atoms with Gasteiger partial charge in [-0.25, -0.2) is 9.78 Å². The van der Waals surface area contributed by atoms with Gasteiger partial charge < -0.3 is 19.7 Å². The molecule has 1 N–H and O–H groups in total. The van der Waals surface area contributed by atoms with Crippen molar-refractivity contribution >= 4 is 11.7 Å². The lowest BCUT2D eigenvalue weighted by atomic mass is 10.2. The number of ether oxygens (including phenoxy) is 2. The van der Waals surface area contributed by atoms with Gasteiger partial charge in [-0.05, 0) is 44.5 Å². The maximum absolute atomic E-state index is 12.5. The van der Waals surface area contributed by atoms with Gasteiger partial charge in [-0.1, -0.05) is 0 Å². The molecule has 0 spiro atoms. The maximum Gasteiger partial charge on any atom is 0.322 e. The number of hydrogen-bond donors (Lipinski definition) is 1. The monoisotopic (exact) mass is 334 g/mol. The summed E-state index contributed by atoms with van der Waals surface area (Å²) in [5.41, 5.74) is 0.600. The number of methoxy groups -OCH3 is 1. The van der Waals surface area contributed by atoms with Gasteiger partial charge in [-0.15, -0.1) is 0 Å². The number of rotatable bonds is 6. The van der Waals surface area contributed by atoms with Crippen LogP contribution in [0.15, 0.2) is 18.3 Å². The SMILES string of the molecule is COCCOc1ncccc1NC(=O)N1CC[C@H](N2CCCC2)C1. The fourth-order valence-corrected chi connectivity index (χ4v) is 3.35. The Morgan fingerprint density at radius 2 is 2.17 bits per heavy atom. The van der Waals surface area contributed by atoms with E-state index >= 15 is 0 Å². The Kier molecular flexibility index (Phi) is 5.87. The Balaban J connectivity index is 1.55. The molecular formula is C17H26N4O3. The topological polar surface area (TPSA) is 66.9 Å². The number of carbonyl (C=O) groups is 1. The molecule has 7 heteroatoms. The number of nitrogens with zero attached hydrogens (tertiary/aromatic N) is 3. The molecule has 2 fully saturated rings. The Bertz CT molecular complexity index is 548. The summed E-state index contributed by atoms with van der Waals surface area (Å²) in [6, 6.07) is 4.02. The molecule has 7 nitrogen and oxygen atoms in total. The molecule has 132 valence electrons. The van der Waals surface area contributed by atoms with Gasteiger partial charge in [0, 0.05) is 32.4 Å². The zero-order valence-corrected chi connectivity index (χ0v) is 14.2. The molecule has 0 aliphatic carbocycles. The molecule has 0 unspecified atom stereocenters. The normalized spacial score (nSPS) is 21.2. The number of amides is 2. The second-order valence-corrected chi connectivity index (χ2v) is 6.26. The largest absolute Gasteiger partial charge is 0.474 e. The summed E-state index contributed by atoms with van der Waals surface area (Å²) in [5, 5.41) is 2.93. The molecule has 3 heterocycles. The van der Waals surface area contributed by atoms with Gasteiger partial charge in [0.25, 0.3) is 0 Å². The highest BCUT2D eigenvalue weighted by atomic mass is 16.5. The van der Waals surface area contributed by atoms with Crippen molar-refractivity contribution in [3.8, 4) is 5.88 Å². The number of likely N-dealkylation sites (tertiary alicyclic amines) is 2. The van der Waals surface area contributed by atoms with E-state index in [4.69, 9.17) is 9.47 Å². The average Bonchev–Trinajstić information content (AvgIpc) is 3.28. The molecule has 0 aromatic carbocycles. The summed E-state index contributed by atoms with van der Waals surface area (Å²) >= 11 is 0. The number of carbonyl (C=O) groups excluding carboxylic acids is 1. The van der Waals surface area contributed by atoms with Crippen LogP contribution in [0.3, 0.4) is 0 Å². The van der Waals surface area contributed by atoms with Crippen LogP contribution in [0.5, 0.6) is 5.88 Å². The first-order valence-electron chi connectivity index (χ1n) is 8.64. The third-order valence-corrected chi connectivity index (χ3v) is 4.65. The fraction of sp³-hybridized carbons (Fsp3) is 0.647. The van der Waals surface area contributed by atoms with Gasteiger partial charge >= 0.3 is 6.03 Å². The molecule has 2 amide bonds. The lowest BCUT2D eigenvalue weighted by Gasteiger charge is -2.23. The summed E-state index contributed by atoms with van der Waals surface area (Å²) in [5.74, 6) is 0.429. The minimum absolute atomic E-state index is 0.0821. The van der Waals surface area contributed by atoms with Crippen molar-refractivity contribution in [1.29, 1.82) is 0 Å². The number of aromatic nitrogens is 1. The Labute approximate surface area is 142 Å². The number of anilines is 1. The summed E-state index contributed by atoms with van der Waals surface area (Å²) in [6.07, 6.45) is 5.26. The van der Waals surface area contributed by atoms with Crippen molar-refractivity contribution in [1.82, 2.24) is 14.8 Å². The highest BCUT2D eigenvalue weighted by Crippen LogP contribution is 2.24. The second kappa shape index (κ2) is 8.30. The lowest BCUT2D eigenvalue weighted by molar-refractivity contribution is 0.144. The van der Waals surface area contributed by atoms with Gasteiger partial charge in [0.05, 0.1) is 6.61 Å². The predicted octanol–water partition coefficient (Wildman–Crippen LogP) is 1.81. The van der Waals surface area contributed by atoms with Crippen molar-refractivity contribution in [3.05, 3.63) is 18.3 Å². The van der Waals surface area contributed by atoms with Crippen LogP contribution in [0.4, 0.5) is 10.5 Å². The standard InChI is InChI=1S/C17H26N4O3/c1-23-11-12-24-16-15(5-4-7-18-16)19-17(22)21-10-6-14(13-21)20-8-2-3-9-20/h4-5,7,14H,2-3,6,8-13H2,1H3,(H,19,22)/t14-/m0/s1. The van der Waals surface area contributed by atoms with Crippen LogP contribution in [0.1, 0.15) is 19.3 Å². The highest BCUT2D eigenvalue weighted by molar-refractivity contribution is 5.90. The molecule has 1 aromatic heterocycles. The predicted molar refractivity (Wildman–Crippen MR) is 91.4 cm³/mol. The third-order valence-electron chi connectivity index (χ3n) is 4.65. The van der Waals surface area contributed by atoms with Crippen LogP contribution in [0.25, 0.3) is 0 Å². The highest BCUT2D eigenvalue weighted by Gasteiger charge is 2.31. The molecule has 2 saturated heterocycles. The first kappa shape index (κ1) is 17.0. The van der Waals surface area contributed by atoms with Gasteiger partial charge in [-0.3, -0.25) is 4.90 Å². The van der Waals surface area contributed by atoms with Crippen LogP contribution in [0, 0.1) is 0 Å². The van der Waals surface area contributed by atoms with Gasteiger partial charge in [0.15, 0.2) is 0 Å². The molecule has 3 rings (SSSR count). The van der Waals surface area contributed by atoms with Crippen LogP contribution in [0.2, 0.25) is 0 Å². The van der Waals surface area contributed by atoms with Crippen molar-refractivity contribution in [3.63, 3.8) is 0 Å². The third kappa shape index (κ3) is 4.15. The van der Waals surface area contributed by atoms with Gasteiger partial charge in [-0.2, -0.15) is 0 Å². The van der Waals surface area contributed by atoms with Crippen LogP contribution >= 0.6 is 0 Å². The Hall–Kier alpha value is -1.86. The Morgan fingerprint density at radius 1 is 1.33 bits per heavy atom. The summed E-state index contributed by atoms with van der Waals surface area (Å²) in [7, 11) is 1.62. The first-order chi connectivity index (χ1) is 11.8. The second-order valence-electron chi connectivity index (χ2n) is 6.26. The smallest absolute Gasteiger partial charge is 0.322 e. The average molecular weight is 334 g/mol. The molecule has 0 saturated carbocycles. The quantitative estimate of drug-likeness (QED) is 0.804. The van der Waals surface area contributed by atoms with Crippen molar-refractivity contribution in [2.75, 3.05) is 51.8 Å². The van der Waals surface area contributed by atoms with E-state index < -0.39 is 0 Å². The minimum Gasteiger partial charge on any atom is -0.474 e. The van der Waals surface area contributed by atoms with Gasteiger partial charge in [0.2, 0.25) is 5.88 Å². The van der Waals surface area contributed by atoms with Crippen LogP contribution in [-0.4, -0.2) is 73.4 Å². The van der Waals surface area contributed by atoms with E-state index in [0.717, 1.165) is 19.5 Å². The molecule has 24 heavy (non-hydrogen) atoms.